The Balaban J connectivity index is 2.22. The van der Waals surface area contributed by atoms with Crippen molar-refractivity contribution >= 4 is 28.6 Å². The molecule has 1 unspecified atom stereocenters. The van der Waals surface area contributed by atoms with Crippen molar-refractivity contribution in [2.75, 3.05) is 18.3 Å². The van der Waals surface area contributed by atoms with Crippen LogP contribution in [0.3, 0.4) is 0 Å². The Bertz CT molecular complexity index is 677. The fraction of sp³-hybridized carbons (Fsp3) is 0.357. The summed E-state index contributed by atoms with van der Waals surface area (Å²) in [5, 5.41) is 10.1. The number of methoxy groups -OCH3 is 1. The summed E-state index contributed by atoms with van der Waals surface area (Å²) in [6, 6.07) is 5.33. The molecule has 0 bridgehead atoms. The molecule has 8 heteroatoms. The zero-order chi connectivity index (χ0) is 16.1. The lowest BCUT2D eigenvalue weighted by Crippen LogP contribution is -2.32. The third-order valence-corrected chi connectivity index (χ3v) is 3.14. The quantitative estimate of drug-likeness (QED) is 0.583. The minimum atomic E-state index is -0.672. The van der Waals surface area contributed by atoms with Crippen molar-refractivity contribution in [2.45, 2.75) is 25.9 Å². The first-order valence-electron chi connectivity index (χ1n) is 6.88. The Hall–Kier alpha value is -2.61. The second-order valence-electron chi connectivity index (χ2n) is 4.73. The minimum absolute atomic E-state index is 0.00528. The third kappa shape index (κ3) is 3.53. The average molecular weight is 305 g/mol. The Morgan fingerprint density at radius 3 is 2.91 bits per heavy atom. The number of para-hydroxylation sites is 1. The summed E-state index contributed by atoms with van der Waals surface area (Å²) in [4.78, 5) is 19.9. The number of amides is 1. The molecule has 0 aliphatic carbocycles. The highest BCUT2D eigenvalue weighted by atomic mass is 16.5. The molecule has 22 heavy (non-hydrogen) atoms. The maximum Gasteiger partial charge on any atom is 0.240 e. The number of nitrogens with one attached hydrogen (secondary N) is 2. The number of benzene rings is 1. The highest BCUT2D eigenvalue weighted by Gasteiger charge is 2.12. The van der Waals surface area contributed by atoms with Gasteiger partial charge in [0.25, 0.3) is 0 Å². The molecule has 1 aromatic carbocycles. The number of carbonyl (C=O) groups is 1. The molecule has 118 valence electrons. The molecule has 2 rings (SSSR count). The van der Waals surface area contributed by atoms with Gasteiger partial charge in [0.1, 0.15) is 11.3 Å². The van der Waals surface area contributed by atoms with Gasteiger partial charge >= 0.3 is 0 Å². The molecule has 8 nitrogen and oxygen atoms in total. The lowest BCUT2D eigenvalue weighted by atomic mass is 10.2. The van der Waals surface area contributed by atoms with Crippen LogP contribution in [0.5, 0.6) is 5.75 Å². The van der Waals surface area contributed by atoms with E-state index in [0.717, 1.165) is 0 Å². The number of aliphatic hydroxyl groups excluding tert-OH is 1. The van der Waals surface area contributed by atoms with E-state index in [1.54, 1.807) is 25.1 Å². The zero-order valence-corrected chi connectivity index (χ0v) is 12.5. The van der Waals surface area contributed by atoms with Crippen LogP contribution in [0.2, 0.25) is 0 Å². The lowest BCUT2D eigenvalue weighted by molar-refractivity contribution is -0.122. The Morgan fingerprint density at radius 1 is 1.45 bits per heavy atom. The fourth-order valence-corrected chi connectivity index (χ4v) is 1.94. The van der Waals surface area contributed by atoms with Crippen LogP contribution in [0.25, 0.3) is 10.9 Å². The zero-order valence-electron chi connectivity index (χ0n) is 12.5. The maximum atomic E-state index is 11.7. The first-order valence-corrected chi connectivity index (χ1v) is 6.88. The van der Waals surface area contributed by atoms with Gasteiger partial charge in [0, 0.05) is 5.39 Å². The molecular formula is C14H19N5O3. The number of hydrazine groups is 1. The van der Waals surface area contributed by atoms with Crippen LogP contribution in [0.1, 0.15) is 19.8 Å². The number of nitrogens with two attached hydrogens (primary N) is 1. The van der Waals surface area contributed by atoms with Crippen LogP contribution in [0.4, 0.5) is 11.8 Å². The van der Waals surface area contributed by atoms with E-state index in [4.69, 9.17) is 10.5 Å². The molecule has 0 fully saturated rings. The Labute approximate surface area is 127 Å². The number of rotatable bonds is 6. The number of aliphatic hydroxyl groups is 1. The van der Waals surface area contributed by atoms with Crippen molar-refractivity contribution in [1.29, 1.82) is 0 Å². The van der Waals surface area contributed by atoms with E-state index >= 15 is 0 Å². The molecule has 0 spiro atoms. The molecule has 1 aromatic heterocycles. The number of hydrogen-bond acceptors (Lipinski definition) is 7. The molecule has 0 saturated carbocycles. The number of hydrogen-bond donors (Lipinski definition) is 4. The van der Waals surface area contributed by atoms with E-state index in [0.29, 0.717) is 28.9 Å². The topological polar surface area (TPSA) is 122 Å². The normalized spacial score (nSPS) is 12.0. The van der Waals surface area contributed by atoms with Gasteiger partial charge in [-0.25, -0.2) is 4.98 Å². The van der Waals surface area contributed by atoms with Gasteiger partial charge in [0.05, 0.1) is 19.6 Å². The van der Waals surface area contributed by atoms with Crippen molar-refractivity contribution < 1.29 is 14.6 Å². The summed E-state index contributed by atoms with van der Waals surface area (Å²) in [5.74, 6) is 0.632. The molecule has 0 aliphatic heterocycles. The van der Waals surface area contributed by atoms with E-state index in [-0.39, 0.29) is 18.3 Å². The monoisotopic (exact) mass is 305 g/mol. The van der Waals surface area contributed by atoms with Crippen LogP contribution >= 0.6 is 0 Å². The number of carbonyl (C=O) groups excluding carboxylic acids is 1. The summed E-state index contributed by atoms with van der Waals surface area (Å²) < 4.78 is 5.24. The standard InChI is InChI=1S/C14H19N5O3/c1-3-8(20)7-11(21)18-19-13-9-5-4-6-10(22-2)12(9)16-14(15)17-13/h4-6,8,20H,3,7H2,1-2H3,(H,18,21)(H3,15,16,17,19). The van der Waals surface area contributed by atoms with Gasteiger partial charge in [0.2, 0.25) is 11.9 Å². The molecule has 1 atom stereocenters. The number of nitrogen functional groups attached to an aromatic ring is 1. The first-order chi connectivity index (χ1) is 10.5. The molecular weight excluding hydrogens is 286 g/mol. The second-order valence-corrected chi connectivity index (χ2v) is 4.73. The van der Waals surface area contributed by atoms with Gasteiger partial charge in [0.15, 0.2) is 5.82 Å². The number of ether oxygens (including phenoxy) is 1. The van der Waals surface area contributed by atoms with Gasteiger partial charge in [-0.15, -0.1) is 0 Å². The van der Waals surface area contributed by atoms with Gasteiger partial charge in [-0.2, -0.15) is 4.98 Å². The molecule has 1 amide bonds. The number of anilines is 2. The molecule has 0 saturated heterocycles. The van der Waals surface area contributed by atoms with Gasteiger partial charge < -0.3 is 15.6 Å². The van der Waals surface area contributed by atoms with Crippen LogP contribution in [-0.2, 0) is 4.79 Å². The van der Waals surface area contributed by atoms with E-state index in [1.807, 2.05) is 0 Å². The van der Waals surface area contributed by atoms with Crippen molar-refractivity contribution in [3.63, 3.8) is 0 Å². The maximum absolute atomic E-state index is 11.7. The van der Waals surface area contributed by atoms with Gasteiger partial charge in [-0.1, -0.05) is 13.0 Å². The summed E-state index contributed by atoms with van der Waals surface area (Å²) in [6.07, 6.45) is -0.159. The Kier molecular flexibility index (Phi) is 4.95. The third-order valence-electron chi connectivity index (χ3n) is 3.14. The summed E-state index contributed by atoms with van der Waals surface area (Å²) in [6.45, 7) is 1.80. The summed E-state index contributed by atoms with van der Waals surface area (Å²) in [7, 11) is 1.54. The van der Waals surface area contributed by atoms with Crippen molar-refractivity contribution in [3.8, 4) is 5.75 Å². The van der Waals surface area contributed by atoms with Crippen molar-refractivity contribution in [1.82, 2.24) is 15.4 Å². The van der Waals surface area contributed by atoms with Crippen molar-refractivity contribution in [2.24, 2.45) is 0 Å². The highest BCUT2D eigenvalue weighted by molar-refractivity contribution is 5.94. The Morgan fingerprint density at radius 2 is 2.23 bits per heavy atom. The molecule has 2 aromatic rings. The van der Waals surface area contributed by atoms with Crippen LogP contribution in [0.15, 0.2) is 18.2 Å². The summed E-state index contributed by atoms with van der Waals surface area (Å²) in [5.41, 5.74) is 11.4. The largest absolute Gasteiger partial charge is 0.494 e. The lowest BCUT2D eigenvalue weighted by Gasteiger charge is -2.13. The van der Waals surface area contributed by atoms with E-state index in [9.17, 15) is 9.90 Å². The second kappa shape index (κ2) is 6.90. The number of nitrogens with zero attached hydrogens (tertiary/aromatic N) is 2. The van der Waals surface area contributed by atoms with Crippen LogP contribution in [-0.4, -0.2) is 34.2 Å². The van der Waals surface area contributed by atoms with E-state index < -0.39 is 6.10 Å². The van der Waals surface area contributed by atoms with E-state index in [2.05, 4.69) is 20.8 Å². The smallest absolute Gasteiger partial charge is 0.240 e. The predicted molar refractivity (Wildman–Crippen MR) is 83.2 cm³/mol. The van der Waals surface area contributed by atoms with Crippen molar-refractivity contribution in [3.05, 3.63) is 18.2 Å². The van der Waals surface area contributed by atoms with Crippen LogP contribution < -0.4 is 21.3 Å². The number of aromatic nitrogens is 2. The van der Waals surface area contributed by atoms with Gasteiger partial charge in [-0.3, -0.25) is 15.6 Å². The molecule has 1 heterocycles. The average Bonchev–Trinajstić information content (AvgIpc) is 2.51. The van der Waals surface area contributed by atoms with E-state index in [1.165, 1.54) is 7.11 Å². The highest BCUT2D eigenvalue weighted by Crippen LogP contribution is 2.28. The molecule has 5 N–H and O–H groups in total. The fourth-order valence-electron chi connectivity index (χ4n) is 1.94. The molecule has 0 aliphatic rings. The molecule has 0 radical (unpaired) electrons. The SMILES string of the molecule is CCC(O)CC(=O)NNc1nc(N)nc2c(OC)cccc12. The summed E-state index contributed by atoms with van der Waals surface area (Å²) >= 11 is 0. The first kappa shape index (κ1) is 15.8. The van der Waals surface area contributed by atoms with Crippen LogP contribution in [0, 0.1) is 0 Å². The number of fused-ring (bicyclic) bond motifs is 1. The predicted octanol–water partition coefficient (Wildman–Crippen LogP) is 0.825. The minimum Gasteiger partial charge on any atom is -0.494 e. The van der Waals surface area contributed by atoms with Gasteiger partial charge in [-0.05, 0) is 18.6 Å².